The predicted octanol–water partition coefficient (Wildman–Crippen LogP) is 3.37. The Morgan fingerprint density at radius 1 is 1.04 bits per heavy atom. The molecule has 0 saturated carbocycles. The van der Waals surface area contributed by atoms with E-state index in [9.17, 15) is 0 Å². The molecule has 0 radical (unpaired) electrons. The van der Waals surface area contributed by atoms with Crippen molar-refractivity contribution >= 4 is 0 Å². The van der Waals surface area contributed by atoms with Crippen molar-refractivity contribution in [2.45, 2.75) is 33.4 Å². The third kappa shape index (κ3) is 4.94. The molecule has 0 spiro atoms. The number of benzene rings is 1. The first-order chi connectivity index (χ1) is 12.2. The molecule has 2 heterocycles. The number of hydrogen-bond donors (Lipinski definition) is 1. The molecule has 2 aromatic rings. The highest BCUT2D eigenvalue weighted by molar-refractivity contribution is 5.57. The summed E-state index contributed by atoms with van der Waals surface area (Å²) in [5.74, 6) is 1.94. The summed E-state index contributed by atoms with van der Waals surface area (Å²) < 4.78 is 5.98. The fourth-order valence-electron chi connectivity index (χ4n) is 3.40. The van der Waals surface area contributed by atoms with Gasteiger partial charge in [-0.2, -0.15) is 0 Å². The van der Waals surface area contributed by atoms with Crippen LogP contribution in [0, 0.1) is 6.92 Å². The summed E-state index contributed by atoms with van der Waals surface area (Å²) in [6.45, 7) is 14.3. The lowest BCUT2D eigenvalue weighted by Gasteiger charge is -2.37. The van der Waals surface area contributed by atoms with Crippen molar-refractivity contribution in [2.24, 2.45) is 0 Å². The number of aryl methyl sites for hydroxylation is 1. The van der Waals surface area contributed by atoms with Gasteiger partial charge in [-0.25, -0.2) is 0 Å². The van der Waals surface area contributed by atoms with E-state index in [1.807, 2.05) is 0 Å². The standard InChI is InChI=1S/C21H31N3O/c1-4-23-11-13-24(14-12-23)18(3)15-22-16-20-9-10-21(25-20)19-7-5-17(2)6-8-19/h5-10,18,22H,4,11-16H2,1-3H3. The first-order valence-electron chi connectivity index (χ1n) is 9.48. The van der Waals surface area contributed by atoms with E-state index in [2.05, 4.69) is 72.3 Å². The first-order valence-corrected chi connectivity index (χ1v) is 9.48. The van der Waals surface area contributed by atoms with Gasteiger partial charge in [0.15, 0.2) is 0 Å². The fraction of sp³-hybridized carbons (Fsp3) is 0.524. The van der Waals surface area contributed by atoms with Crippen LogP contribution in [0.4, 0.5) is 0 Å². The van der Waals surface area contributed by atoms with Gasteiger partial charge in [-0.05, 0) is 32.5 Å². The molecule has 0 bridgehead atoms. The summed E-state index contributed by atoms with van der Waals surface area (Å²) >= 11 is 0. The molecule has 0 aliphatic carbocycles. The smallest absolute Gasteiger partial charge is 0.134 e. The lowest BCUT2D eigenvalue weighted by Crippen LogP contribution is -2.51. The first kappa shape index (κ1) is 18.2. The highest BCUT2D eigenvalue weighted by Crippen LogP contribution is 2.22. The van der Waals surface area contributed by atoms with E-state index in [1.54, 1.807) is 0 Å². The number of nitrogens with zero attached hydrogens (tertiary/aromatic N) is 2. The molecule has 1 fully saturated rings. The van der Waals surface area contributed by atoms with E-state index in [4.69, 9.17) is 4.42 Å². The molecule has 1 aromatic heterocycles. The molecule has 3 rings (SSSR count). The molecule has 1 aromatic carbocycles. The Balaban J connectivity index is 1.44. The van der Waals surface area contributed by atoms with Gasteiger partial charge in [-0.1, -0.05) is 36.8 Å². The van der Waals surface area contributed by atoms with Crippen molar-refractivity contribution in [2.75, 3.05) is 39.3 Å². The minimum Gasteiger partial charge on any atom is -0.460 e. The lowest BCUT2D eigenvalue weighted by molar-refractivity contribution is 0.105. The van der Waals surface area contributed by atoms with Gasteiger partial charge in [0.25, 0.3) is 0 Å². The van der Waals surface area contributed by atoms with Gasteiger partial charge in [0, 0.05) is 44.3 Å². The highest BCUT2D eigenvalue weighted by Gasteiger charge is 2.19. The quantitative estimate of drug-likeness (QED) is 0.837. The maximum absolute atomic E-state index is 5.98. The van der Waals surface area contributed by atoms with Gasteiger partial charge in [-0.3, -0.25) is 4.90 Å². The molecule has 1 aliphatic heterocycles. The number of rotatable bonds is 7. The topological polar surface area (TPSA) is 31.6 Å². The molecule has 4 heteroatoms. The summed E-state index contributed by atoms with van der Waals surface area (Å²) in [5.41, 5.74) is 2.41. The Kier molecular flexibility index (Phi) is 6.29. The zero-order valence-electron chi connectivity index (χ0n) is 15.8. The molecular formula is C21H31N3O. The monoisotopic (exact) mass is 341 g/mol. The number of hydrogen-bond acceptors (Lipinski definition) is 4. The molecule has 25 heavy (non-hydrogen) atoms. The predicted molar refractivity (Wildman–Crippen MR) is 104 cm³/mol. The van der Waals surface area contributed by atoms with Gasteiger partial charge in [-0.15, -0.1) is 0 Å². The van der Waals surface area contributed by atoms with Crippen molar-refractivity contribution in [1.29, 1.82) is 0 Å². The second-order valence-electron chi connectivity index (χ2n) is 7.08. The Morgan fingerprint density at radius 2 is 1.76 bits per heavy atom. The Labute approximate surface area is 151 Å². The van der Waals surface area contributed by atoms with Crippen molar-refractivity contribution in [3.05, 3.63) is 47.7 Å². The van der Waals surface area contributed by atoms with E-state index in [-0.39, 0.29) is 0 Å². The van der Waals surface area contributed by atoms with Gasteiger partial charge in [0.1, 0.15) is 11.5 Å². The van der Waals surface area contributed by atoms with E-state index in [1.165, 1.54) is 38.3 Å². The van der Waals surface area contributed by atoms with Gasteiger partial charge < -0.3 is 14.6 Å². The molecule has 1 saturated heterocycles. The summed E-state index contributed by atoms with van der Waals surface area (Å²) in [7, 11) is 0. The molecular weight excluding hydrogens is 310 g/mol. The minimum atomic E-state index is 0.561. The number of piperazine rings is 1. The summed E-state index contributed by atoms with van der Waals surface area (Å²) in [6.07, 6.45) is 0. The molecule has 0 amide bonds. The van der Waals surface area contributed by atoms with Crippen LogP contribution < -0.4 is 5.32 Å². The van der Waals surface area contributed by atoms with Gasteiger partial charge in [0.2, 0.25) is 0 Å². The van der Waals surface area contributed by atoms with Gasteiger partial charge in [0.05, 0.1) is 6.54 Å². The third-order valence-electron chi connectivity index (χ3n) is 5.21. The van der Waals surface area contributed by atoms with Crippen LogP contribution in [0.3, 0.4) is 0 Å². The van der Waals surface area contributed by atoms with Gasteiger partial charge >= 0.3 is 0 Å². The maximum atomic E-state index is 5.98. The molecule has 136 valence electrons. The largest absolute Gasteiger partial charge is 0.460 e. The SMILES string of the molecule is CCN1CCN(C(C)CNCc2ccc(-c3ccc(C)cc3)o2)CC1. The minimum absolute atomic E-state index is 0.561. The van der Waals surface area contributed by atoms with E-state index in [0.29, 0.717) is 6.04 Å². The van der Waals surface area contributed by atoms with Crippen molar-refractivity contribution in [3.8, 4) is 11.3 Å². The van der Waals surface area contributed by atoms with Crippen LogP contribution >= 0.6 is 0 Å². The van der Waals surface area contributed by atoms with E-state index in [0.717, 1.165) is 30.2 Å². The highest BCUT2D eigenvalue weighted by atomic mass is 16.3. The van der Waals surface area contributed by atoms with Crippen molar-refractivity contribution < 1.29 is 4.42 Å². The summed E-state index contributed by atoms with van der Waals surface area (Å²) in [5, 5.41) is 3.55. The number of likely N-dealkylation sites (N-methyl/N-ethyl adjacent to an activating group) is 1. The molecule has 1 N–H and O–H groups in total. The van der Waals surface area contributed by atoms with Crippen LogP contribution in [-0.2, 0) is 6.54 Å². The van der Waals surface area contributed by atoms with Crippen LogP contribution in [0.5, 0.6) is 0 Å². The zero-order chi connectivity index (χ0) is 17.6. The fourth-order valence-corrected chi connectivity index (χ4v) is 3.40. The molecule has 4 nitrogen and oxygen atoms in total. The lowest BCUT2D eigenvalue weighted by atomic mass is 10.1. The van der Waals surface area contributed by atoms with Crippen molar-refractivity contribution in [3.63, 3.8) is 0 Å². The third-order valence-corrected chi connectivity index (χ3v) is 5.21. The maximum Gasteiger partial charge on any atom is 0.134 e. The molecule has 1 atom stereocenters. The number of nitrogens with one attached hydrogen (secondary N) is 1. The van der Waals surface area contributed by atoms with Crippen LogP contribution in [0.2, 0.25) is 0 Å². The Bertz CT molecular complexity index is 641. The number of furan rings is 1. The average molecular weight is 341 g/mol. The van der Waals surface area contributed by atoms with Crippen LogP contribution in [-0.4, -0.2) is 55.1 Å². The van der Waals surface area contributed by atoms with Crippen molar-refractivity contribution in [1.82, 2.24) is 15.1 Å². The molecule has 1 unspecified atom stereocenters. The van der Waals surface area contributed by atoms with Crippen LogP contribution in [0.15, 0.2) is 40.8 Å². The van der Waals surface area contributed by atoms with E-state index < -0.39 is 0 Å². The van der Waals surface area contributed by atoms with E-state index >= 15 is 0 Å². The second-order valence-corrected chi connectivity index (χ2v) is 7.08. The Hall–Kier alpha value is -1.62. The normalized spacial score (nSPS) is 17.7. The van der Waals surface area contributed by atoms with Crippen LogP contribution in [0.25, 0.3) is 11.3 Å². The van der Waals surface area contributed by atoms with Crippen LogP contribution in [0.1, 0.15) is 25.2 Å². The molecule has 1 aliphatic rings. The second kappa shape index (κ2) is 8.65. The zero-order valence-corrected chi connectivity index (χ0v) is 15.8. The summed E-state index contributed by atoms with van der Waals surface area (Å²) in [4.78, 5) is 5.10. The average Bonchev–Trinajstić information content (AvgIpc) is 3.11. The Morgan fingerprint density at radius 3 is 2.44 bits per heavy atom. The summed E-state index contributed by atoms with van der Waals surface area (Å²) in [6, 6.07) is 13.2.